The second-order valence-corrected chi connectivity index (χ2v) is 8.66. The van der Waals surface area contributed by atoms with Crippen LogP contribution in [0.2, 0.25) is 10.0 Å². The Morgan fingerprint density at radius 2 is 1.77 bits per heavy atom. The molecular weight excluding hydrogens is 472 g/mol. The number of hydrogen-bond donors (Lipinski definition) is 2. The van der Waals surface area contributed by atoms with Crippen molar-refractivity contribution >= 4 is 56.2 Å². The summed E-state index contributed by atoms with van der Waals surface area (Å²) in [5, 5.41) is 13.5. The minimum Gasteiger partial charge on any atom is -0.319 e. The maximum Gasteiger partial charge on any atom is 0.271 e. The average molecular weight is 484 g/mol. The van der Waals surface area contributed by atoms with E-state index in [1.54, 1.807) is 0 Å². The van der Waals surface area contributed by atoms with Gasteiger partial charge in [0.05, 0.1) is 31.8 Å². The van der Waals surface area contributed by atoms with Crippen LogP contribution in [0.5, 0.6) is 0 Å². The molecule has 0 aliphatic carbocycles. The van der Waals surface area contributed by atoms with Crippen LogP contribution in [-0.2, 0) is 10.0 Å². The van der Waals surface area contributed by atoms with Crippen LogP contribution in [0, 0.1) is 15.9 Å². The van der Waals surface area contributed by atoms with Gasteiger partial charge in [-0.15, -0.1) is 0 Å². The number of carbonyl (C=O) groups is 1. The van der Waals surface area contributed by atoms with E-state index in [2.05, 4.69) is 10.0 Å². The molecule has 31 heavy (non-hydrogen) atoms. The third-order valence-corrected chi connectivity index (χ3v) is 5.91. The van der Waals surface area contributed by atoms with Crippen LogP contribution in [0.3, 0.4) is 0 Å². The van der Waals surface area contributed by atoms with Gasteiger partial charge in [-0.05, 0) is 42.5 Å². The van der Waals surface area contributed by atoms with Crippen molar-refractivity contribution in [2.24, 2.45) is 0 Å². The summed E-state index contributed by atoms with van der Waals surface area (Å²) in [5.41, 5.74) is -0.602. The average Bonchev–Trinajstić information content (AvgIpc) is 2.69. The Morgan fingerprint density at radius 3 is 2.42 bits per heavy atom. The number of halogens is 3. The number of sulfonamides is 1. The van der Waals surface area contributed by atoms with Crippen LogP contribution in [0.1, 0.15) is 10.4 Å². The molecule has 0 saturated carbocycles. The van der Waals surface area contributed by atoms with E-state index in [-0.39, 0.29) is 27.6 Å². The molecule has 3 aromatic carbocycles. The normalized spacial score (nSPS) is 11.1. The Labute approximate surface area is 185 Å². The Hall–Kier alpha value is -3.21. The van der Waals surface area contributed by atoms with Gasteiger partial charge in [0.25, 0.3) is 21.6 Å². The third-order valence-electron chi connectivity index (χ3n) is 3.98. The van der Waals surface area contributed by atoms with Crippen molar-refractivity contribution in [1.29, 1.82) is 0 Å². The Bertz CT molecular complexity index is 1300. The molecule has 0 unspecified atom stereocenters. The first-order chi connectivity index (χ1) is 14.6. The summed E-state index contributed by atoms with van der Waals surface area (Å²) in [7, 11) is -4.25. The SMILES string of the molecule is O=C(Nc1ccc(S(=O)(=O)Nc2cccc([N+](=O)[O-])c2)cc1F)c1ccc(Cl)cc1Cl. The summed E-state index contributed by atoms with van der Waals surface area (Å²) in [6.07, 6.45) is 0. The first-order valence-corrected chi connectivity index (χ1v) is 10.6. The van der Waals surface area contributed by atoms with Crippen molar-refractivity contribution in [3.8, 4) is 0 Å². The molecule has 0 atom stereocenters. The number of carbonyl (C=O) groups excluding carboxylic acids is 1. The fourth-order valence-electron chi connectivity index (χ4n) is 2.52. The monoisotopic (exact) mass is 483 g/mol. The molecule has 0 radical (unpaired) electrons. The standard InChI is InChI=1S/C19H12Cl2FN3O5S/c20-11-4-6-15(16(21)8-11)19(26)23-18-7-5-14(10-17(18)22)31(29,30)24-12-2-1-3-13(9-12)25(27)28/h1-10,24H,(H,23,26). The molecule has 0 bridgehead atoms. The Kier molecular flexibility index (Phi) is 6.44. The zero-order valence-corrected chi connectivity index (χ0v) is 17.6. The van der Waals surface area contributed by atoms with E-state index >= 15 is 0 Å². The number of benzene rings is 3. The van der Waals surface area contributed by atoms with E-state index in [1.807, 2.05) is 0 Å². The number of rotatable bonds is 6. The van der Waals surface area contributed by atoms with Crippen LogP contribution in [0.4, 0.5) is 21.5 Å². The highest BCUT2D eigenvalue weighted by Gasteiger charge is 2.19. The van der Waals surface area contributed by atoms with Gasteiger partial charge in [0, 0.05) is 17.2 Å². The number of nitrogens with zero attached hydrogens (tertiary/aromatic N) is 1. The van der Waals surface area contributed by atoms with Crippen molar-refractivity contribution in [1.82, 2.24) is 0 Å². The lowest BCUT2D eigenvalue weighted by Crippen LogP contribution is -2.16. The molecule has 0 heterocycles. The molecule has 0 aliphatic heterocycles. The van der Waals surface area contributed by atoms with E-state index in [1.165, 1.54) is 36.4 Å². The topological polar surface area (TPSA) is 118 Å². The van der Waals surface area contributed by atoms with Gasteiger partial charge in [-0.25, -0.2) is 12.8 Å². The fraction of sp³-hybridized carbons (Fsp3) is 0. The van der Waals surface area contributed by atoms with Gasteiger partial charge in [-0.1, -0.05) is 29.3 Å². The predicted octanol–water partition coefficient (Wildman–Crippen LogP) is 5.09. The molecule has 8 nitrogen and oxygen atoms in total. The Morgan fingerprint density at radius 1 is 1.03 bits per heavy atom. The van der Waals surface area contributed by atoms with Gasteiger partial charge in [0.15, 0.2) is 0 Å². The number of nitrogens with one attached hydrogen (secondary N) is 2. The van der Waals surface area contributed by atoms with Gasteiger partial charge >= 0.3 is 0 Å². The summed E-state index contributed by atoms with van der Waals surface area (Å²) in [5.74, 6) is -1.73. The molecule has 0 spiro atoms. The number of amides is 1. The molecule has 160 valence electrons. The first kappa shape index (κ1) is 22.5. The molecule has 3 rings (SSSR count). The summed E-state index contributed by atoms with van der Waals surface area (Å²) in [6.45, 7) is 0. The highest BCUT2D eigenvalue weighted by atomic mass is 35.5. The third kappa shape index (κ3) is 5.29. The largest absolute Gasteiger partial charge is 0.319 e. The number of hydrogen-bond acceptors (Lipinski definition) is 5. The van der Waals surface area contributed by atoms with Crippen LogP contribution >= 0.6 is 23.2 Å². The zero-order chi connectivity index (χ0) is 22.8. The molecule has 12 heteroatoms. The lowest BCUT2D eigenvalue weighted by Gasteiger charge is -2.11. The molecule has 3 aromatic rings. The molecule has 0 aromatic heterocycles. The second-order valence-electron chi connectivity index (χ2n) is 6.13. The number of anilines is 2. The van der Waals surface area contributed by atoms with Crippen LogP contribution in [0.25, 0.3) is 0 Å². The van der Waals surface area contributed by atoms with Gasteiger partial charge < -0.3 is 5.32 Å². The van der Waals surface area contributed by atoms with E-state index in [0.717, 1.165) is 18.2 Å². The van der Waals surface area contributed by atoms with E-state index in [9.17, 15) is 27.7 Å². The highest BCUT2D eigenvalue weighted by Crippen LogP contribution is 2.25. The van der Waals surface area contributed by atoms with Crippen LogP contribution in [0.15, 0.2) is 65.6 Å². The van der Waals surface area contributed by atoms with Gasteiger partial charge in [-0.2, -0.15) is 0 Å². The summed E-state index contributed by atoms with van der Waals surface area (Å²) in [4.78, 5) is 22.0. The quantitative estimate of drug-likeness (QED) is 0.373. The number of nitro benzene ring substituents is 1. The lowest BCUT2D eigenvalue weighted by atomic mass is 10.2. The number of non-ortho nitro benzene ring substituents is 1. The summed E-state index contributed by atoms with van der Waals surface area (Å²) >= 11 is 11.7. The predicted molar refractivity (Wildman–Crippen MR) is 115 cm³/mol. The van der Waals surface area contributed by atoms with Crippen molar-refractivity contribution < 1.29 is 22.5 Å². The minimum absolute atomic E-state index is 0.0505. The molecule has 2 N–H and O–H groups in total. The van der Waals surface area contributed by atoms with Crippen molar-refractivity contribution in [2.75, 3.05) is 10.0 Å². The first-order valence-electron chi connectivity index (χ1n) is 8.40. The summed E-state index contributed by atoms with van der Waals surface area (Å²) < 4.78 is 41.6. The second kappa shape index (κ2) is 8.88. The Balaban J connectivity index is 1.81. The van der Waals surface area contributed by atoms with Gasteiger partial charge in [0.2, 0.25) is 0 Å². The molecule has 0 aliphatic rings. The van der Waals surface area contributed by atoms with E-state index in [0.29, 0.717) is 11.1 Å². The zero-order valence-electron chi connectivity index (χ0n) is 15.3. The van der Waals surface area contributed by atoms with Crippen LogP contribution < -0.4 is 10.0 Å². The molecular formula is C19H12Cl2FN3O5S. The molecule has 0 fully saturated rings. The van der Waals surface area contributed by atoms with Crippen molar-refractivity contribution in [2.45, 2.75) is 4.90 Å². The van der Waals surface area contributed by atoms with E-state index in [4.69, 9.17) is 23.2 Å². The lowest BCUT2D eigenvalue weighted by molar-refractivity contribution is -0.384. The highest BCUT2D eigenvalue weighted by molar-refractivity contribution is 7.92. The van der Waals surface area contributed by atoms with Crippen LogP contribution in [-0.4, -0.2) is 19.2 Å². The molecule has 1 amide bonds. The molecule has 0 saturated heterocycles. The smallest absolute Gasteiger partial charge is 0.271 e. The van der Waals surface area contributed by atoms with E-state index < -0.39 is 31.6 Å². The van der Waals surface area contributed by atoms with Gasteiger partial charge in [0.1, 0.15) is 5.82 Å². The maximum absolute atomic E-state index is 14.5. The van der Waals surface area contributed by atoms with Crippen molar-refractivity contribution in [3.63, 3.8) is 0 Å². The minimum atomic E-state index is -4.25. The summed E-state index contributed by atoms with van der Waals surface area (Å²) in [6, 6.07) is 11.8. The maximum atomic E-state index is 14.5. The van der Waals surface area contributed by atoms with Crippen molar-refractivity contribution in [3.05, 3.63) is 92.2 Å². The van der Waals surface area contributed by atoms with Gasteiger partial charge in [-0.3, -0.25) is 19.6 Å². The fourth-order valence-corrected chi connectivity index (χ4v) is 4.08. The number of nitro groups is 1.